The van der Waals surface area contributed by atoms with Crippen molar-refractivity contribution in [3.8, 4) is 17.2 Å². The third-order valence-electron chi connectivity index (χ3n) is 4.73. The van der Waals surface area contributed by atoms with Crippen molar-refractivity contribution in [3.63, 3.8) is 0 Å². The van der Waals surface area contributed by atoms with E-state index in [-0.39, 0.29) is 28.0 Å². The van der Waals surface area contributed by atoms with Crippen LogP contribution in [0.3, 0.4) is 0 Å². The van der Waals surface area contributed by atoms with Crippen molar-refractivity contribution in [2.45, 2.75) is 17.9 Å². The number of ether oxygens (including phenoxy) is 2. The molecule has 2 N–H and O–H groups in total. The minimum Gasteiger partial charge on any atom is -0.505 e. The van der Waals surface area contributed by atoms with E-state index >= 15 is 0 Å². The average Bonchev–Trinajstić information content (AvgIpc) is 3.26. The van der Waals surface area contributed by atoms with Crippen LogP contribution in [-0.2, 0) is 23.0 Å². The molecule has 0 unspecified atom stereocenters. The number of hydrogen-bond donors (Lipinski definition) is 2. The Morgan fingerprint density at radius 1 is 1.13 bits per heavy atom. The molecule has 1 heterocycles. The second-order valence-corrected chi connectivity index (χ2v) is 9.51. The number of rotatable bonds is 9. The molecular formula is C21H23Cl2N2O5S+. The lowest BCUT2D eigenvalue weighted by Crippen LogP contribution is -2.33. The average molecular weight is 486 g/mol. The van der Waals surface area contributed by atoms with Gasteiger partial charge < -0.3 is 19.6 Å². The fourth-order valence-electron chi connectivity index (χ4n) is 3.12. The van der Waals surface area contributed by atoms with Gasteiger partial charge in [0.25, 0.3) is 0 Å². The monoisotopic (exact) mass is 485 g/mol. The van der Waals surface area contributed by atoms with Gasteiger partial charge in [0, 0.05) is 30.6 Å². The van der Waals surface area contributed by atoms with Gasteiger partial charge in [-0.3, -0.25) is 0 Å². The topological polar surface area (TPSA) is 91.9 Å². The Kier molecular flexibility index (Phi) is 7.38. The standard InChI is InChI=1S/C21H22Cl2N2O5S/c1-29-18-6-5-14(10-19(18)30-2)7-9-25(13-16-4-3-8-24-16)31(27,28)20-12-15(22)11-17(23)21(20)26/h3-6,8,10-12,22,24H,7,9,13H2,1-2H3/p+1. The summed E-state index contributed by atoms with van der Waals surface area (Å²) < 4.78 is 38.7. The fourth-order valence-corrected chi connectivity index (χ4v) is 5.32. The number of benzene rings is 2. The zero-order valence-corrected chi connectivity index (χ0v) is 19.4. The molecule has 7 nitrogen and oxygen atoms in total. The number of hydrogen-bond acceptors (Lipinski definition) is 5. The number of aromatic amines is 1. The van der Waals surface area contributed by atoms with Crippen LogP contribution in [0.4, 0.5) is 0 Å². The Morgan fingerprint density at radius 3 is 2.52 bits per heavy atom. The van der Waals surface area contributed by atoms with E-state index in [4.69, 9.17) is 32.7 Å². The highest BCUT2D eigenvalue weighted by molar-refractivity contribution is 7.89. The summed E-state index contributed by atoms with van der Waals surface area (Å²) in [6.45, 7) is 0.233. The molecule has 0 atom stereocenters. The van der Waals surface area contributed by atoms with E-state index in [1.807, 2.05) is 6.07 Å². The molecule has 0 aliphatic carbocycles. The van der Waals surface area contributed by atoms with Crippen molar-refractivity contribution >= 4 is 21.6 Å². The number of sulfonamides is 1. The second kappa shape index (κ2) is 9.82. The first-order chi connectivity index (χ1) is 14.8. The van der Waals surface area contributed by atoms with Crippen molar-refractivity contribution in [2.24, 2.45) is 0 Å². The number of aromatic nitrogens is 1. The first kappa shape index (κ1) is 23.3. The molecular weight excluding hydrogens is 463 g/mol. The van der Waals surface area contributed by atoms with Crippen LogP contribution in [0.2, 0.25) is 10.0 Å². The smallest absolute Gasteiger partial charge is 0.247 e. The zero-order chi connectivity index (χ0) is 22.6. The number of nitrogens with zero attached hydrogens (tertiary/aromatic N) is 1. The molecule has 0 bridgehead atoms. The molecule has 0 spiro atoms. The van der Waals surface area contributed by atoms with Gasteiger partial charge in [-0.2, -0.15) is 4.31 Å². The Balaban J connectivity index is 1.94. The van der Waals surface area contributed by atoms with Gasteiger partial charge in [-0.15, -0.1) is 0 Å². The Labute approximate surface area is 191 Å². The van der Waals surface area contributed by atoms with Crippen LogP contribution < -0.4 is 9.47 Å². The lowest BCUT2D eigenvalue weighted by Gasteiger charge is -2.22. The van der Waals surface area contributed by atoms with Gasteiger partial charge in [-0.1, -0.05) is 17.7 Å². The first-order valence-corrected chi connectivity index (χ1v) is 11.5. The van der Waals surface area contributed by atoms with Gasteiger partial charge in [0.05, 0.1) is 25.8 Å². The predicted octanol–water partition coefficient (Wildman–Crippen LogP) is 3.52. The first-order valence-electron chi connectivity index (χ1n) is 9.29. The Morgan fingerprint density at radius 2 is 1.87 bits per heavy atom. The summed E-state index contributed by atoms with van der Waals surface area (Å²) in [5, 5.41) is 10.4. The van der Waals surface area contributed by atoms with Crippen molar-refractivity contribution in [1.29, 1.82) is 0 Å². The molecule has 2 aromatic carbocycles. The predicted molar refractivity (Wildman–Crippen MR) is 115 cm³/mol. The van der Waals surface area contributed by atoms with Crippen molar-refractivity contribution in [3.05, 3.63) is 70.0 Å². The SMILES string of the molecule is COc1ccc(CCN(Cc2ccc[nH]2)S(=O)(=O)c2cc([ClH+])cc(Cl)c2O)cc1OC. The minimum absolute atomic E-state index is 0.0847. The zero-order valence-electron chi connectivity index (χ0n) is 17.0. The van der Waals surface area contributed by atoms with Gasteiger partial charge >= 0.3 is 0 Å². The van der Waals surface area contributed by atoms with Crippen LogP contribution >= 0.6 is 11.6 Å². The highest BCUT2D eigenvalue weighted by atomic mass is 35.5. The van der Waals surface area contributed by atoms with E-state index < -0.39 is 15.8 Å². The number of halogens is 2. The molecule has 10 heteroatoms. The van der Waals surface area contributed by atoms with E-state index in [1.54, 1.807) is 37.6 Å². The second-order valence-electron chi connectivity index (χ2n) is 6.73. The van der Waals surface area contributed by atoms with Crippen molar-refractivity contribution in [2.75, 3.05) is 20.8 Å². The molecule has 0 aliphatic rings. The minimum atomic E-state index is -4.10. The van der Waals surface area contributed by atoms with E-state index in [2.05, 4.69) is 4.98 Å². The van der Waals surface area contributed by atoms with E-state index in [0.717, 1.165) is 5.56 Å². The molecule has 0 saturated carbocycles. The van der Waals surface area contributed by atoms with Gasteiger partial charge in [0.1, 0.15) is 4.90 Å². The summed E-state index contributed by atoms with van der Waals surface area (Å²) in [6.07, 6.45) is 2.12. The molecule has 31 heavy (non-hydrogen) atoms. The largest absolute Gasteiger partial charge is 0.505 e. The third-order valence-corrected chi connectivity index (χ3v) is 7.11. The van der Waals surface area contributed by atoms with Crippen LogP contribution in [0, 0.1) is 11.6 Å². The number of phenolic OH excluding ortho intramolecular Hbond substituents is 1. The Bertz CT molecular complexity index is 1150. The third kappa shape index (κ3) is 5.27. The van der Waals surface area contributed by atoms with Crippen LogP contribution in [0.25, 0.3) is 0 Å². The van der Waals surface area contributed by atoms with Crippen LogP contribution in [-0.4, -0.2) is 43.6 Å². The molecule has 166 valence electrons. The van der Waals surface area contributed by atoms with Crippen molar-refractivity contribution in [1.82, 2.24) is 9.29 Å². The van der Waals surface area contributed by atoms with E-state index in [0.29, 0.717) is 23.6 Å². The van der Waals surface area contributed by atoms with Gasteiger partial charge in [0.2, 0.25) is 15.0 Å². The lowest BCUT2D eigenvalue weighted by molar-refractivity contribution is -0.289. The number of nitrogens with one attached hydrogen (secondary N) is 1. The molecule has 0 saturated heterocycles. The van der Waals surface area contributed by atoms with Crippen LogP contribution in [0.15, 0.2) is 53.6 Å². The highest BCUT2D eigenvalue weighted by Crippen LogP contribution is 2.35. The van der Waals surface area contributed by atoms with Gasteiger partial charge in [-0.05, 0) is 36.2 Å². The van der Waals surface area contributed by atoms with Crippen LogP contribution in [0.5, 0.6) is 17.2 Å². The molecule has 0 fully saturated rings. The maximum Gasteiger partial charge on any atom is 0.247 e. The molecule has 3 rings (SSSR count). The summed E-state index contributed by atoms with van der Waals surface area (Å²) in [4.78, 5) is 2.69. The molecule has 0 amide bonds. The van der Waals surface area contributed by atoms with Crippen LogP contribution in [0.1, 0.15) is 11.3 Å². The summed E-state index contributed by atoms with van der Waals surface area (Å²) in [6, 6.07) is 11.6. The highest BCUT2D eigenvalue weighted by Gasteiger charge is 2.30. The fraction of sp³-hybridized carbons (Fsp3) is 0.238. The lowest BCUT2D eigenvalue weighted by atomic mass is 10.1. The summed E-state index contributed by atoms with van der Waals surface area (Å²) in [7, 11) is -1.01. The van der Waals surface area contributed by atoms with Crippen molar-refractivity contribution < 1.29 is 34.6 Å². The van der Waals surface area contributed by atoms with E-state index in [9.17, 15) is 13.5 Å². The Hall–Kier alpha value is -2.39. The normalized spacial score (nSPS) is 11.6. The number of phenols is 1. The maximum atomic E-state index is 13.4. The number of methoxy groups -OCH3 is 2. The maximum absolute atomic E-state index is 13.4. The summed E-state index contributed by atoms with van der Waals surface area (Å²) in [5.41, 5.74) is 1.57. The number of H-pyrrole nitrogens is 1. The molecule has 0 radical (unpaired) electrons. The molecule has 3 aromatic rings. The number of aromatic hydroxyl groups is 1. The van der Waals surface area contributed by atoms with Gasteiger partial charge in [0.15, 0.2) is 28.8 Å². The summed E-state index contributed by atoms with van der Waals surface area (Å²) >= 11 is 11.1. The summed E-state index contributed by atoms with van der Waals surface area (Å²) in [5.74, 6) is 0.629. The van der Waals surface area contributed by atoms with E-state index in [1.165, 1.54) is 23.5 Å². The molecule has 0 aliphatic heterocycles. The van der Waals surface area contributed by atoms with Gasteiger partial charge in [-0.25, -0.2) is 8.42 Å². The molecule has 1 aromatic heterocycles. The quantitative estimate of drug-likeness (QED) is 0.483.